The van der Waals surface area contributed by atoms with Crippen LogP contribution in [0.1, 0.15) is 31.6 Å². The van der Waals surface area contributed by atoms with Crippen molar-refractivity contribution in [3.05, 3.63) is 24.3 Å². The number of carbonyl (C=O) groups is 1. The SMILES string of the molecule is CCC(C(=O)NCC(F)(F)F)N1CCC(n2c(C)nc3cnc4[nH]ccc4c32)C1. The molecule has 3 aromatic heterocycles. The van der Waals surface area contributed by atoms with Crippen molar-refractivity contribution in [3.63, 3.8) is 0 Å². The molecule has 29 heavy (non-hydrogen) atoms. The third-order valence-electron chi connectivity index (χ3n) is 5.56. The number of nitrogens with one attached hydrogen (secondary N) is 2. The molecule has 0 spiro atoms. The number of pyridine rings is 1. The Morgan fingerprint density at radius 1 is 1.45 bits per heavy atom. The fourth-order valence-corrected chi connectivity index (χ4v) is 4.33. The van der Waals surface area contributed by atoms with Gasteiger partial charge in [0.05, 0.1) is 17.8 Å². The van der Waals surface area contributed by atoms with E-state index in [2.05, 4.69) is 19.5 Å². The van der Waals surface area contributed by atoms with E-state index in [1.54, 1.807) is 6.20 Å². The number of fused-ring (bicyclic) bond motifs is 3. The van der Waals surface area contributed by atoms with Gasteiger partial charge >= 0.3 is 6.18 Å². The highest BCUT2D eigenvalue weighted by Crippen LogP contribution is 2.32. The summed E-state index contributed by atoms with van der Waals surface area (Å²) in [6.07, 6.45) is 0.409. The summed E-state index contributed by atoms with van der Waals surface area (Å²) in [4.78, 5) is 26.4. The van der Waals surface area contributed by atoms with Crippen LogP contribution in [-0.4, -0.2) is 62.2 Å². The first-order valence-corrected chi connectivity index (χ1v) is 9.67. The van der Waals surface area contributed by atoms with Gasteiger partial charge in [-0.15, -0.1) is 0 Å². The van der Waals surface area contributed by atoms with E-state index >= 15 is 0 Å². The standard InChI is InChI=1S/C19H23F3N6O/c1-3-15(18(29)25-10-19(20,21)22)27-7-5-12(9-27)28-11(2)26-14-8-24-17-13(16(14)28)4-6-23-17/h4,6,8,12,15H,3,5,7,9-10H2,1-2H3,(H,23,24)(H,25,29). The van der Waals surface area contributed by atoms with Gasteiger partial charge in [-0.05, 0) is 25.8 Å². The molecule has 2 N–H and O–H groups in total. The van der Waals surface area contributed by atoms with Crippen LogP contribution in [0.15, 0.2) is 18.5 Å². The summed E-state index contributed by atoms with van der Waals surface area (Å²) in [5, 5.41) is 3.01. The van der Waals surface area contributed by atoms with Crippen LogP contribution in [0, 0.1) is 6.92 Å². The monoisotopic (exact) mass is 408 g/mol. The highest BCUT2D eigenvalue weighted by Gasteiger charge is 2.35. The van der Waals surface area contributed by atoms with E-state index in [0.29, 0.717) is 19.5 Å². The molecule has 3 aromatic rings. The van der Waals surface area contributed by atoms with Crippen molar-refractivity contribution in [2.45, 2.75) is 44.9 Å². The van der Waals surface area contributed by atoms with Crippen LogP contribution in [0.5, 0.6) is 0 Å². The highest BCUT2D eigenvalue weighted by atomic mass is 19.4. The maximum atomic E-state index is 12.5. The van der Waals surface area contributed by atoms with Crippen molar-refractivity contribution in [1.29, 1.82) is 0 Å². The fourth-order valence-electron chi connectivity index (χ4n) is 4.33. The zero-order valence-electron chi connectivity index (χ0n) is 16.3. The van der Waals surface area contributed by atoms with Crippen LogP contribution in [0.3, 0.4) is 0 Å². The minimum absolute atomic E-state index is 0.0879. The number of amides is 1. The topological polar surface area (TPSA) is 78.8 Å². The molecule has 1 aliphatic rings. The van der Waals surface area contributed by atoms with Crippen molar-refractivity contribution in [1.82, 2.24) is 29.7 Å². The number of carbonyl (C=O) groups excluding carboxylic acids is 1. The molecule has 1 amide bonds. The summed E-state index contributed by atoms with van der Waals surface area (Å²) in [5.74, 6) is 0.284. The number of hydrogen-bond acceptors (Lipinski definition) is 4. The minimum atomic E-state index is -4.41. The quantitative estimate of drug-likeness (QED) is 0.681. The number of aromatic nitrogens is 4. The summed E-state index contributed by atoms with van der Waals surface area (Å²) < 4.78 is 39.5. The first kappa shape index (κ1) is 19.7. The van der Waals surface area contributed by atoms with Gasteiger partial charge in [-0.25, -0.2) is 9.97 Å². The molecule has 156 valence electrons. The van der Waals surface area contributed by atoms with Gasteiger partial charge in [0.25, 0.3) is 0 Å². The van der Waals surface area contributed by atoms with Crippen LogP contribution in [0.2, 0.25) is 0 Å². The van der Waals surface area contributed by atoms with Crippen molar-refractivity contribution in [3.8, 4) is 0 Å². The second kappa shape index (κ2) is 7.33. The summed E-state index contributed by atoms with van der Waals surface area (Å²) >= 11 is 0. The number of imidazole rings is 1. The molecule has 4 heterocycles. The summed E-state index contributed by atoms with van der Waals surface area (Å²) in [7, 11) is 0. The Morgan fingerprint density at radius 2 is 2.24 bits per heavy atom. The number of aryl methyl sites for hydroxylation is 1. The van der Waals surface area contributed by atoms with Crippen molar-refractivity contribution in [2.75, 3.05) is 19.6 Å². The maximum Gasteiger partial charge on any atom is 0.405 e. The van der Waals surface area contributed by atoms with Crippen molar-refractivity contribution in [2.24, 2.45) is 0 Å². The first-order valence-electron chi connectivity index (χ1n) is 9.67. The summed E-state index contributed by atoms with van der Waals surface area (Å²) in [6, 6.07) is 1.48. The fraction of sp³-hybridized carbons (Fsp3) is 0.526. The zero-order chi connectivity index (χ0) is 20.8. The molecule has 7 nitrogen and oxygen atoms in total. The predicted molar refractivity (Wildman–Crippen MR) is 102 cm³/mol. The van der Waals surface area contributed by atoms with E-state index < -0.39 is 24.7 Å². The van der Waals surface area contributed by atoms with E-state index in [0.717, 1.165) is 34.3 Å². The Kier molecular flexibility index (Phi) is 4.97. The lowest BCUT2D eigenvalue weighted by atomic mass is 10.2. The average molecular weight is 408 g/mol. The van der Waals surface area contributed by atoms with Gasteiger partial charge in [-0.3, -0.25) is 9.69 Å². The van der Waals surface area contributed by atoms with Crippen LogP contribution >= 0.6 is 0 Å². The Hall–Kier alpha value is -2.62. The van der Waals surface area contributed by atoms with Crippen molar-refractivity contribution >= 4 is 28.0 Å². The maximum absolute atomic E-state index is 12.5. The molecule has 2 unspecified atom stereocenters. The number of rotatable bonds is 5. The van der Waals surface area contributed by atoms with Crippen molar-refractivity contribution < 1.29 is 18.0 Å². The average Bonchev–Trinajstić information content (AvgIpc) is 3.36. The van der Waals surface area contributed by atoms with Crippen LogP contribution < -0.4 is 5.32 Å². The number of H-pyrrole nitrogens is 1. The molecule has 4 rings (SSSR count). The number of nitrogens with zero attached hydrogens (tertiary/aromatic N) is 4. The molecule has 10 heteroatoms. The molecule has 1 aliphatic heterocycles. The number of aromatic amines is 1. The Morgan fingerprint density at radius 3 is 2.97 bits per heavy atom. The molecule has 1 saturated heterocycles. The first-order chi connectivity index (χ1) is 13.8. The van der Waals surface area contributed by atoms with Gasteiger partial charge in [0.2, 0.25) is 5.91 Å². The van der Waals surface area contributed by atoms with Gasteiger partial charge in [0, 0.05) is 30.7 Å². The number of hydrogen-bond donors (Lipinski definition) is 2. The zero-order valence-corrected chi connectivity index (χ0v) is 16.3. The molecular formula is C19H23F3N6O. The highest BCUT2D eigenvalue weighted by molar-refractivity contribution is 6.01. The molecular weight excluding hydrogens is 385 g/mol. The normalized spacial score (nSPS) is 19.3. The Labute approximate surface area is 165 Å². The van der Waals surface area contributed by atoms with Gasteiger partial charge in [0.1, 0.15) is 23.5 Å². The molecule has 0 saturated carbocycles. The minimum Gasteiger partial charge on any atom is -0.346 e. The molecule has 0 aliphatic carbocycles. The van der Waals surface area contributed by atoms with E-state index in [1.807, 2.05) is 36.3 Å². The second-order valence-electron chi connectivity index (χ2n) is 7.46. The molecule has 2 atom stereocenters. The Bertz CT molecular complexity index is 1040. The van der Waals surface area contributed by atoms with E-state index in [1.165, 1.54) is 0 Å². The van der Waals surface area contributed by atoms with Gasteiger partial charge in [-0.1, -0.05) is 6.92 Å². The summed E-state index contributed by atoms with van der Waals surface area (Å²) in [5.41, 5.74) is 2.59. The van der Waals surface area contributed by atoms with Crippen LogP contribution in [0.25, 0.3) is 22.1 Å². The summed E-state index contributed by atoms with van der Waals surface area (Å²) in [6.45, 7) is 3.68. The van der Waals surface area contributed by atoms with Crippen LogP contribution in [-0.2, 0) is 4.79 Å². The lowest BCUT2D eigenvalue weighted by Crippen LogP contribution is -2.48. The number of likely N-dealkylation sites (tertiary alicyclic amines) is 1. The van der Waals surface area contributed by atoms with E-state index in [4.69, 9.17) is 0 Å². The second-order valence-corrected chi connectivity index (χ2v) is 7.46. The van der Waals surface area contributed by atoms with Gasteiger partial charge in [0.15, 0.2) is 0 Å². The number of halogens is 3. The lowest BCUT2D eigenvalue weighted by molar-refractivity contribution is -0.141. The smallest absolute Gasteiger partial charge is 0.346 e. The number of alkyl halides is 3. The van der Waals surface area contributed by atoms with Gasteiger partial charge in [-0.2, -0.15) is 13.2 Å². The molecule has 0 bridgehead atoms. The van der Waals surface area contributed by atoms with Gasteiger partial charge < -0.3 is 14.9 Å². The predicted octanol–water partition coefficient (Wildman–Crippen LogP) is 2.92. The third-order valence-corrected chi connectivity index (χ3v) is 5.56. The lowest BCUT2D eigenvalue weighted by Gasteiger charge is -2.26. The molecule has 0 radical (unpaired) electrons. The largest absolute Gasteiger partial charge is 0.405 e. The Balaban J connectivity index is 1.57. The van der Waals surface area contributed by atoms with Crippen LogP contribution in [0.4, 0.5) is 13.2 Å². The molecule has 1 fully saturated rings. The molecule has 0 aromatic carbocycles. The third kappa shape index (κ3) is 3.68. The van der Waals surface area contributed by atoms with E-state index in [-0.39, 0.29) is 6.04 Å². The van der Waals surface area contributed by atoms with E-state index in [9.17, 15) is 18.0 Å².